The Morgan fingerprint density at radius 2 is 1.55 bits per heavy atom. The first kappa shape index (κ1) is 19.9. The van der Waals surface area contributed by atoms with Crippen LogP contribution in [0.2, 0.25) is 0 Å². The van der Waals surface area contributed by atoms with Crippen molar-refractivity contribution in [1.82, 2.24) is 0 Å². The zero-order valence-corrected chi connectivity index (χ0v) is 18.0. The van der Waals surface area contributed by atoms with Gasteiger partial charge in [0.2, 0.25) is 10.0 Å². The molecule has 0 saturated carbocycles. The van der Waals surface area contributed by atoms with E-state index in [1.165, 1.54) is 4.31 Å². The lowest BCUT2D eigenvalue weighted by Crippen LogP contribution is -2.27. The van der Waals surface area contributed by atoms with Crippen LogP contribution in [0.1, 0.15) is 5.56 Å². The summed E-state index contributed by atoms with van der Waals surface area (Å²) in [5, 5.41) is 0. The van der Waals surface area contributed by atoms with Crippen LogP contribution in [-0.4, -0.2) is 27.7 Å². The van der Waals surface area contributed by atoms with Crippen molar-refractivity contribution >= 4 is 37.3 Å². The van der Waals surface area contributed by atoms with E-state index in [2.05, 4.69) is 15.9 Å². The molecule has 0 amide bonds. The summed E-state index contributed by atoms with van der Waals surface area (Å²) >= 11 is 3.46. The van der Waals surface area contributed by atoms with Crippen LogP contribution in [0, 0.1) is 0 Å². The molecular formula is C22H20BrNO4S. The molecule has 3 aromatic rings. The molecule has 150 valence electrons. The van der Waals surface area contributed by atoms with E-state index in [0.717, 1.165) is 4.47 Å². The van der Waals surface area contributed by atoms with E-state index >= 15 is 0 Å². The molecule has 7 heteroatoms. The van der Waals surface area contributed by atoms with E-state index in [4.69, 9.17) is 9.47 Å². The van der Waals surface area contributed by atoms with Crippen molar-refractivity contribution < 1.29 is 17.9 Å². The maximum Gasteiger partial charge on any atom is 0.243 e. The van der Waals surface area contributed by atoms with E-state index in [-0.39, 0.29) is 11.9 Å². The molecule has 1 heterocycles. The summed E-state index contributed by atoms with van der Waals surface area (Å²) < 4.78 is 39.9. The Balaban J connectivity index is 1.64. The fourth-order valence-corrected chi connectivity index (χ4v) is 4.94. The van der Waals surface area contributed by atoms with E-state index in [9.17, 15) is 8.42 Å². The average molecular weight is 474 g/mol. The third-order valence-corrected chi connectivity index (χ3v) is 6.76. The lowest BCUT2D eigenvalue weighted by Gasteiger charge is -2.24. The number of epoxide rings is 1. The summed E-state index contributed by atoms with van der Waals surface area (Å²) in [6.07, 6.45) is 0.126. The second-order valence-corrected chi connectivity index (χ2v) is 9.39. The van der Waals surface area contributed by atoms with Crippen molar-refractivity contribution in [2.24, 2.45) is 0 Å². The van der Waals surface area contributed by atoms with Crippen molar-refractivity contribution in [1.29, 1.82) is 0 Å². The third-order valence-electron chi connectivity index (χ3n) is 4.43. The van der Waals surface area contributed by atoms with Crippen LogP contribution in [0.15, 0.2) is 83.3 Å². The predicted molar refractivity (Wildman–Crippen MR) is 117 cm³/mol. The molecule has 3 aromatic carbocycles. The molecule has 0 spiro atoms. The highest BCUT2D eigenvalue weighted by molar-refractivity contribution is 9.10. The van der Waals surface area contributed by atoms with Gasteiger partial charge in [0.1, 0.15) is 18.5 Å². The van der Waals surface area contributed by atoms with Gasteiger partial charge in [-0.3, -0.25) is 0 Å². The molecule has 1 aliphatic rings. The first-order valence-corrected chi connectivity index (χ1v) is 11.6. The van der Waals surface area contributed by atoms with Crippen molar-refractivity contribution in [3.05, 3.63) is 88.9 Å². The van der Waals surface area contributed by atoms with Gasteiger partial charge in [0, 0.05) is 0 Å². The van der Waals surface area contributed by atoms with Gasteiger partial charge < -0.3 is 9.47 Å². The number of nitrogens with zero attached hydrogens (tertiary/aromatic N) is 1. The maximum absolute atomic E-state index is 13.4. The fourth-order valence-electron chi connectivity index (χ4n) is 2.97. The van der Waals surface area contributed by atoms with Crippen molar-refractivity contribution in [3.8, 4) is 5.75 Å². The number of sulfonamides is 1. The van der Waals surface area contributed by atoms with Gasteiger partial charge >= 0.3 is 0 Å². The van der Waals surface area contributed by atoms with Crippen LogP contribution >= 0.6 is 15.9 Å². The van der Waals surface area contributed by atoms with Gasteiger partial charge in [-0.1, -0.05) is 42.5 Å². The second-order valence-electron chi connectivity index (χ2n) is 6.72. The summed E-state index contributed by atoms with van der Waals surface area (Å²) in [5.41, 5.74) is 1.84. The zero-order chi connectivity index (χ0) is 20.3. The molecule has 1 unspecified atom stereocenters. The van der Waals surface area contributed by atoms with Crippen LogP contribution in [0.5, 0.6) is 5.75 Å². The summed E-state index contributed by atoms with van der Waals surface area (Å²) in [5.74, 6) is 0.458. The van der Waals surface area contributed by atoms with Crippen LogP contribution in [0.3, 0.4) is 0 Å². The van der Waals surface area contributed by atoms with Crippen LogP contribution in [0.4, 0.5) is 11.4 Å². The van der Waals surface area contributed by atoms with Gasteiger partial charge in [-0.2, -0.15) is 0 Å². The number of hydrogen-bond acceptors (Lipinski definition) is 4. The minimum absolute atomic E-state index is 0.126. The average Bonchev–Trinajstić information content (AvgIpc) is 3.54. The third kappa shape index (κ3) is 4.98. The van der Waals surface area contributed by atoms with Gasteiger partial charge in [0.15, 0.2) is 0 Å². The van der Waals surface area contributed by atoms with E-state index < -0.39 is 10.0 Å². The minimum Gasteiger partial charge on any atom is -0.490 e. The molecule has 0 aliphatic carbocycles. The predicted octanol–water partition coefficient (Wildman–Crippen LogP) is 4.89. The monoisotopic (exact) mass is 473 g/mol. The lowest BCUT2D eigenvalue weighted by molar-refractivity contribution is 0.261. The number of benzene rings is 3. The number of hydrogen-bond donors (Lipinski definition) is 0. The molecule has 29 heavy (non-hydrogen) atoms. The second kappa shape index (κ2) is 8.57. The highest BCUT2D eigenvalue weighted by atomic mass is 79.9. The van der Waals surface area contributed by atoms with Gasteiger partial charge in [0.05, 0.1) is 28.2 Å². The molecule has 1 fully saturated rings. The Bertz CT molecular complexity index is 1030. The van der Waals surface area contributed by atoms with Crippen molar-refractivity contribution in [2.75, 3.05) is 17.5 Å². The molecule has 0 N–H and O–H groups in total. The SMILES string of the molecule is O=S(=O)(Cc1ccc(Br)c(OCC2CO2)c1)N(c1ccccc1)c1ccccc1. The minimum atomic E-state index is -3.69. The number of halogens is 1. The van der Waals surface area contributed by atoms with Crippen LogP contribution in [-0.2, 0) is 20.5 Å². The van der Waals surface area contributed by atoms with E-state index in [1.807, 2.05) is 42.5 Å². The molecule has 1 atom stereocenters. The van der Waals surface area contributed by atoms with E-state index in [1.54, 1.807) is 36.4 Å². The summed E-state index contributed by atoms with van der Waals surface area (Å²) in [6.45, 7) is 1.16. The van der Waals surface area contributed by atoms with Crippen LogP contribution < -0.4 is 9.04 Å². The topological polar surface area (TPSA) is 59.1 Å². The van der Waals surface area contributed by atoms with Crippen molar-refractivity contribution in [2.45, 2.75) is 11.9 Å². The number of rotatable bonds is 8. The van der Waals surface area contributed by atoms with Gasteiger partial charge in [-0.25, -0.2) is 12.7 Å². The number of para-hydroxylation sites is 2. The van der Waals surface area contributed by atoms with Crippen LogP contribution in [0.25, 0.3) is 0 Å². The molecule has 1 aliphatic heterocycles. The Morgan fingerprint density at radius 1 is 0.966 bits per heavy atom. The molecule has 1 saturated heterocycles. The molecule has 0 bridgehead atoms. The molecule has 4 rings (SSSR count). The highest BCUT2D eigenvalue weighted by Crippen LogP contribution is 2.32. The Morgan fingerprint density at radius 3 is 2.10 bits per heavy atom. The number of anilines is 2. The fraction of sp³-hybridized carbons (Fsp3) is 0.182. The lowest BCUT2D eigenvalue weighted by atomic mass is 10.2. The largest absolute Gasteiger partial charge is 0.490 e. The molecule has 5 nitrogen and oxygen atoms in total. The normalized spacial score (nSPS) is 15.7. The first-order valence-electron chi connectivity index (χ1n) is 9.19. The maximum atomic E-state index is 13.4. The van der Waals surface area contributed by atoms with Gasteiger partial charge in [-0.05, 0) is 57.9 Å². The zero-order valence-electron chi connectivity index (χ0n) is 15.6. The summed E-state index contributed by atoms with van der Waals surface area (Å²) in [7, 11) is -3.69. The van der Waals surface area contributed by atoms with Gasteiger partial charge in [0.25, 0.3) is 0 Å². The smallest absolute Gasteiger partial charge is 0.243 e. The van der Waals surface area contributed by atoms with E-state index in [0.29, 0.717) is 35.9 Å². The molecule has 0 radical (unpaired) electrons. The Kier molecular flexibility index (Phi) is 5.89. The molecule has 0 aromatic heterocycles. The van der Waals surface area contributed by atoms with Crippen molar-refractivity contribution in [3.63, 3.8) is 0 Å². The van der Waals surface area contributed by atoms with Gasteiger partial charge in [-0.15, -0.1) is 0 Å². The summed E-state index contributed by atoms with van der Waals surface area (Å²) in [4.78, 5) is 0. The highest BCUT2D eigenvalue weighted by Gasteiger charge is 2.26. The number of ether oxygens (including phenoxy) is 2. The summed E-state index contributed by atoms with van der Waals surface area (Å²) in [6, 6.07) is 23.5. The Hall–Kier alpha value is -2.35. The Labute approximate surface area is 179 Å². The first-order chi connectivity index (χ1) is 14.0. The standard InChI is InChI=1S/C22H20BrNO4S/c23-21-12-11-17(13-22(21)28-15-20-14-27-20)16-29(25,26)24(18-7-3-1-4-8-18)19-9-5-2-6-10-19/h1-13,20H,14-16H2. The molecular weight excluding hydrogens is 454 g/mol. The quantitative estimate of drug-likeness (QED) is 0.436.